The molecular weight excluding hydrogens is 256 g/mol. The van der Waals surface area contributed by atoms with E-state index in [0.29, 0.717) is 12.8 Å². The molecule has 1 saturated heterocycles. The maximum absolute atomic E-state index is 12.3. The van der Waals surface area contributed by atoms with E-state index in [1.807, 2.05) is 25.7 Å². The summed E-state index contributed by atoms with van der Waals surface area (Å²) >= 11 is 0. The lowest BCUT2D eigenvalue weighted by molar-refractivity contribution is -0.134. The summed E-state index contributed by atoms with van der Waals surface area (Å²) in [4.78, 5) is 26.2. The minimum absolute atomic E-state index is 0.0733. The highest BCUT2D eigenvalue weighted by molar-refractivity contribution is 5.82. The minimum Gasteiger partial charge on any atom is -0.391 e. The number of rotatable bonds is 2. The van der Waals surface area contributed by atoms with Gasteiger partial charge in [-0.05, 0) is 25.7 Å². The van der Waals surface area contributed by atoms with E-state index >= 15 is 0 Å². The van der Waals surface area contributed by atoms with E-state index in [4.69, 9.17) is 0 Å². The average molecular weight is 282 g/mol. The predicted octanol–water partition coefficient (Wildman–Crippen LogP) is 0.911. The molecule has 0 aromatic rings. The van der Waals surface area contributed by atoms with E-state index in [0.717, 1.165) is 25.9 Å². The molecule has 0 radical (unpaired) electrons. The molecule has 0 spiro atoms. The van der Waals surface area contributed by atoms with Crippen molar-refractivity contribution in [1.82, 2.24) is 10.2 Å². The lowest BCUT2D eigenvalue weighted by atomic mass is 9.95. The van der Waals surface area contributed by atoms with Crippen LogP contribution in [-0.4, -0.2) is 47.1 Å². The van der Waals surface area contributed by atoms with Gasteiger partial charge < -0.3 is 15.3 Å². The van der Waals surface area contributed by atoms with Gasteiger partial charge in [-0.15, -0.1) is 0 Å². The standard InChI is InChI=1S/C15H26N2O3/c1-15(2,3)14(20)16-11-8-10(9-12(11)18)13(19)17-6-4-5-7-17/h10-12,18H,4-9H2,1-3H3,(H,16,20)/t10-,11+,12+/m0/s1. The van der Waals surface area contributed by atoms with Gasteiger partial charge in [-0.2, -0.15) is 0 Å². The molecule has 2 fully saturated rings. The third-order valence-corrected chi connectivity index (χ3v) is 4.29. The van der Waals surface area contributed by atoms with Crippen molar-refractivity contribution in [2.45, 2.75) is 58.6 Å². The molecule has 20 heavy (non-hydrogen) atoms. The molecule has 114 valence electrons. The number of likely N-dealkylation sites (tertiary alicyclic amines) is 1. The van der Waals surface area contributed by atoms with Gasteiger partial charge in [0.1, 0.15) is 0 Å². The molecule has 1 heterocycles. The largest absolute Gasteiger partial charge is 0.391 e. The summed E-state index contributed by atoms with van der Waals surface area (Å²) < 4.78 is 0. The number of aliphatic hydroxyl groups is 1. The van der Waals surface area contributed by atoms with Gasteiger partial charge in [0.2, 0.25) is 11.8 Å². The van der Waals surface area contributed by atoms with Gasteiger partial charge in [-0.25, -0.2) is 0 Å². The summed E-state index contributed by atoms with van der Waals surface area (Å²) in [5.74, 6) is -0.0711. The first-order valence-corrected chi connectivity index (χ1v) is 7.57. The van der Waals surface area contributed by atoms with Crippen molar-refractivity contribution in [3.05, 3.63) is 0 Å². The van der Waals surface area contributed by atoms with Crippen molar-refractivity contribution in [2.75, 3.05) is 13.1 Å². The Morgan fingerprint density at radius 3 is 2.30 bits per heavy atom. The highest BCUT2D eigenvalue weighted by Crippen LogP contribution is 2.29. The van der Waals surface area contributed by atoms with E-state index in [-0.39, 0.29) is 23.8 Å². The topological polar surface area (TPSA) is 69.6 Å². The fourth-order valence-electron chi connectivity index (χ4n) is 2.95. The molecule has 0 aromatic heterocycles. The Kier molecular flexibility index (Phi) is 4.37. The first-order chi connectivity index (χ1) is 9.29. The Morgan fingerprint density at radius 2 is 1.75 bits per heavy atom. The van der Waals surface area contributed by atoms with Crippen LogP contribution in [0.15, 0.2) is 0 Å². The van der Waals surface area contributed by atoms with Crippen LogP contribution in [0, 0.1) is 11.3 Å². The van der Waals surface area contributed by atoms with Gasteiger partial charge in [-0.3, -0.25) is 9.59 Å². The molecule has 0 bridgehead atoms. The monoisotopic (exact) mass is 282 g/mol. The van der Waals surface area contributed by atoms with Gasteiger partial charge in [0, 0.05) is 24.4 Å². The summed E-state index contributed by atoms with van der Waals surface area (Å²) in [6, 6.07) is -0.293. The Hall–Kier alpha value is -1.10. The normalized spacial score (nSPS) is 30.6. The van der Waals surface area contributed by atoms with Crippen LogP contribution in [0.5, 0.6) is 0 Å². The number of hydrogen-bond acceptors (Lipinski definition) is 3. The zero-order chi connectivity index (χ0) is 14.9. The van der Waals surface area contributed by atoms with Crippen LogP contribution in [0.1, 0.15) is 46.5 Å². The molecule has 5 nitrogen and oxygen atoms in total. The number of carbonyl (C=O) groups is 2. The second-order valence-corrected chi connectivity index (χ2v) is 7.10. The molecule has 5 heteroatoms. The second kappa shape index (κ2) is 5.72. The van der Waals surface area contributed by atoms with Crippen LogP contribution in [0.4, 0.5) is 0 Å². The van der Waals surface area contributed by atoms with Crippen LogP contribution in [0.3, 0.4) is 0 Å². The predicted molar refractivity (Wildman–Crippen MR) is 75.9 cm³/mol. The third-order valence-electron chi connectivity index (χ3n) is 4.29. The summed E-state index contributed by atoms with van der Waals surface area (Å²) in [6.45, 7) is 7.21. The van der Waals surface area contributed by atoms with Crippen molar-refractivity contribution >= 4 is 11.8 Å². The van der Waals surface area contributed by atoms with Gasteiger partial charge in [0.05, 0.1) is 12.1 Å². The van der Waals surface area contributed by atoms with Crippen molar-refractivity contribution in [2.24, 2.45) is 11.3 Å². The zero-order valence-corrected chi connectivity index (χ0v) is 12.7. The van der Waals surface area contributed by atoms with Crippen LogP contribution < -0.4 is 5.32 Å². The van der Waals surface area contributed by atoms with Crippen LogP contribution in [0.25, 0.3) is 0 Å². The molecule has 3 atom stereocenters. The maximum Gasteiger partial charge on any atom is 0.225 e. The smallest absolute Gasteiger partial charge is 0.225 e. The van der Waals surface area contributed by atoms with Gasteiger partial charge in [0.25, 0.3) is 0 Å². The highest BCUT2D eigenvalue weighted by atomic mass is 16.3. The summed E-state index contributed by atoms with van der Waals surface area (Å²) in [7, 11) is 0. The number of aliphatic hydroxyl groups excluding tert-OH is 1. The minimum atomic E-state index is -0.613. The second-order valence-electron chi connectivity index (χ2n) is 7.10. The van der Waals surface area contributed by atoms with E-state index in [1.165, 1.54) is 0 Å². The van der Waals surface area contributed by atoms with Gasteiger partial charge >= 0.3 is 0 Å². The first kappa shape index (κ1) is 15.3. The molecule has 0 aromatic carbocycles. The zero-order valence-electron chi connectivity index (χ0n) is 12.7. The summed E-state index contributed by atoms with van der Waals surface area (Å²) in [6.07, 6.45) is 2.55. The quantitative estimate of drug-likeness (QED) is 0.791. The van der Waals surface area contributed by atoms with Crippen molar-refractivity contribution in [1.29, 1.82) is 0 Å². The van der Waals surface area contributed by atoms with Gasteiger partial charge in [-0.1, -0.05) is 20.8 Å². The number of hydrogen-bond donors (Lipinski definition) is 2. The fourth-order valence-corrected chi connectivity index (χ4v) is 2.95. The Morgan fingerprint density at radius 1 is 1.15 bits per heavy atom. The number of nitrogens with zero attached hydrogens (tertiary/aromatic N) is 1. The van der Waals surface area contributed by atoms with E-state index < -0.39 is 11.5 Å². The lowest BCUT2D eigenvalue weighted by Crippen LogP contribution is -2.45. The van der Waals surface area contributed by atoms with Crippen molar-refractivity contribution in [3.63, 3.8) is 0 Å². The van der Waals surface area contributed by atoms with Crippen LogP contribution >= 0.6 is 0 Å². The summed E-state index contributed by atoms with van der Waals surface area (Å²) in [5.41, 5.74) is -0.475. The van der Waals surface area contributed by atoms with Crippen molar-refractivity contribution in [3.8, 4) is 0 Å². The average Bonchev–Trinajstić information content (AvgIpc) is 2.98. The number of nitrogens with one attached hydrogen (secondary N) is 1. The molecule has 2 N–H and O–H groups in total. The van der Waals surface area contributed by atoms with E-state index in [1.54, 1.807) is 0 Å². The van der Waals surface area contributed by atoms with E-state index in [2.05, 4.69) is 5.32 Å². The van der Waals surface area contributed by atoms with Crippen molar-refractivity contribution < 1.29 is 14.7 Å². The molecule has 1 saturated carbocycles. The maximum atomic E-state index is 12.3. The molecular formula is C15H26N2O3. The summed E-state index contributed by atoms with van der Waals surface area (Å²) in [5, 5.41) is 13.0. The molecule has 1 aliphatic carbocycles. The molecule has 1 aliphatic heterocycles. The van der Waals surface area contributed by atoms with Gasteiger partial charge in [0.15, 0.2) is 0 Å². The third kappa shape index (κ3) is 3.32. The SMILES string of the molecule is CC(C)(C)C(=O)N[C@@H]1C[C@H](C(=O)N2CCCC2)C[C@H]1O. The highest BCUT2D eigenvalue weighted by Gasteiger charge is 2.40. The van der Waals surface area contributed by atoms with Crippen LogP contribution in [0.2, 0.25) is 0 Å². The Bertz CT molecular complexity index is 383. The Balaban J connectivity index is 1.91. The molecule has 2 rings (SSSR count). The van der Waals surface area contributed by atoms with Crippen LogP contribution in [-0.2, 0) is 9.59 Å². The number of amides is 2. The fraction of sp³-hybridized carbons (Fsp3) is 0.867. The Labute approximate surface area is 120 Å². The molecule has 2 aliphatic rings. The lowest BCUT2D eigenvalue weighted by Gasteiger charge is -2.23. The molecule has 2 amide bonds. The number of carbonyl (C=O) groups excluding carboxylic acids is 2. The first-order valence-electron chi connectivity index (χ1n) is 7.57. The molecule has 0 unspecified atom stereocenters. The van der Waals surface area contributed by atoms with E-state index in [9.17, 15) is 14.7 Å².